The van der Waals surface area contributed by atoms with Crippen LogP contribution >= 0.6 is 0 Å². The first kappa shape index (κ1) is 9.86. The molecule has 0 spiro atoms. The second-order valence-electron chi connectivity index (χ2n) is 3.03. The molecule has 0 heterocycles. The van der Waals surface area contributed by atoms with Crippen LogP contribution in [-0.4, -0.2) is 10.2 Å². The molecule has 0 aliphatic heterocycles. The van der Waals surface area contributed by atoms with E-state index in [2.05, 4.69) is 0 Å². The Bertz CT molecular complexity index is 297. The number of rotatable bonds is 3. The van der Waals surface area contributed by atoms with Gasteiger partial charge in [-0.05, 0) is 18.1 Å². The van der Waals surface area contributed by atoms with E-state index in [0.717, 1.165) is 18.4 Å². The maximum atomic E-state index is 9.66. The Hall–Kier alpha value is -1.22. The number of hydrogen-bond acceptors (Lipinski definition) is 3. The van der Waals surface area contributed by atoms with Gasteiger partial charge in [-0.15, -0.1) is 0 Å². The van der Waals surface area contributed by atoms with E-state index >= 15 is 0 Å². The smallest absolute Gasteiger partial charge is 0.126 e. The van der Waals surface area contributed by atoms with Crippen LogP contribution in [0.25, 0.3) is 0 Å². The van der Waals surface area contributed by atoms with Crippen molar-refractivity contribution in [2.45, 2.75) is 26.3 Å². The molecule has 0 aliphatic carbocycles. The summed E-state index contributed by atoms with van der Waals surface area (Å²) in [6.07, 6.45) is 1.77. The molecule has 3 nitrogen and oxygen atoms in total. The Balaban J connectivity index is 3.11. The molecule has 72 valence electrons. The SMILES string of the molecule is CCCc1ccc(O)c(CN)c1O. The Kier molecular flexibility index (Phi) is 3.14. The zero-order valence-corrected chi connectivity index (χ0v) is 7.75. The van der Waals surface area contributed by atoms with E-state index in [4.69, 9.17) is 5.73 Å². The molecule has 0 bridgehead atoms. The number of phenols is 2. The van der Waals surface area contributed by atoms with Crippen LogP contribution in [0.3, 0.4) is 0 Å². The lowest BCUT2D eigenvalue weighted by atomic mass is 10.0. The third-order valence-electron chi connectivity index (χ3n) is 2.07. The molecule has 1 aromatic rings. The van der Waals surface area contributed by atoms with Crippen molar-refractivity contribution >= 4 is 0 Å². The highest BCUT2D eigenvalue weighted by Gasteiger charge is 2.09. The van der Waals surface area contributed by atoms with Crippen molar-refractivity contribution in [1.82, 2.24) is 0 Å². The van der Waals surface area contributed by atoms with Gasteiger partial charge in [-0.25, -0.2) is 0 Å². The Morgan fingerprint density at radius 3 is 2.54 bits per heavy atom. The second-order valence-corrected chi connectivity index (χ2v) is 3.03. The molecule has 4 N–H and O–H groups in total. The van der Waals surface area contributed by atoms with Crippen LogP contribution in [0.15, 0.2) is 12.1 Å². The van der Waals surface area contributed by atoms with Gasteiger partial charge in [-0.1, -0.05) is 19.4 Å². The van der Waals surface area contributed by atoms with Gasteiger partial charge in [0.1, 0.15) is 11.5 Å². The summed E-state index contributed by atoms with van der Waals surface area (Å²) < 4.78 is 0. The van der Waals surface area contributed by atoms with Crippen molar-refractivity contribution in [3.05, 3.63) is 23.3 Å². The Labute approximate surface area is 77.8 Å². The largest absolute Gasteiger partial charge is 0.507 e. The molecule has 13 heavy (non-hydrogen) atoms. The molecule has 0 aliphatic rings. The molecule has 0 radical (unpaired) electrons. The third-order valence-corrected chi connectivity index (χ3v) is 2.07. The number of benzene rings is 1. The summed E-state index contributed by atoms with van der Waals surface area (Å²) in [7, 11) is 0. The zero-order valence-electron chi connectivity index (χ0n) is 7.75. The fraction of sp³-hybridized carbons (Fsp3) is 0.400. The topological polar surface area (TPSA) is 66.5 Å². The molecular weight excluding hydrogens is 166 g/mol. The van der Waals surface area contributed by atoms with E-state index in [0.29, 0.717) is 5.56 Å². The van der Waals surface area contributed by atoms with Crippen molar-refractivity contribution in [3.63, 3.8) is 0 Å². The maximum Gasteiger partial charge on any atom is 0.126 e. The monoisotopic (exact) mass is 181 g/mol. The highest BCUT2D eigenvalue weighted by atomic mass is 16.3. The van der Waals surface area contributed by atoms with Crippen LogP contribution in [0.1, 0.15) is 24.5 Å². The molecule has 0 fully saturated rings. The number of phenolic OH excluding ortho intramolecular Hbond substituents is 2. The number of aromatic hydroxyl groups is 2. The summed E-state index contributed by atoms with van der Waals surface area (Å²) in [6.45, 7) is 2.20. The molecule has 1 aromatic carbocycles. The van der Waals surface area contributed by atoms with Crippen molar-refractivity contribution in [2.24, 2.45) is 5.73 Å². The van der Waals surface area contributed by atoms with E-state index in [1.165, 1.54) is 0 Å². The minimum absolute atomic E-state index is 0.0693. The molecule has 0 aromatic heterocycles. The van der Waals surface area contributed by atoms with E-state index in [9.17, 15) is 10.2 Å². The van der Waals surface area contributed by atoms with Gasteiger partial charge in [0.2, 0.25) is 0 Å². The van der Waals surface area contributed by atoms with E-state index in [-0.39, 0.29) is 18.0 Å². The Morgan fingerprint density at radius 2 is 2.00 bits per heavy atom. The summed E-state index contributed by atoms with van der Waals surface area (Å²) in [5.41, 5.74) is 6.68. The average Bonchev–Trinajstić information content (AvgIpc) is 2.11. The third kappa shape index (κ3) is 1.92. The average molecular weight is 181 g/mol. The Morgan fingerprint density at radius 1 is 1.31 bits per heavy atom. The van der Waals surface area contributed by atoms with Gasteiger partial charge in [-0.2, -0.15) is 0 Å². The molecule has 0 atom stereocenters. The van der Waals surface area contributed by atoms with Gasteiger partial charge in [0, 0.05) is 12.1 Å². The quantitative estimate of drug-likeness (QED) is 0.662. The van der Waals surface area contributed by atoms with Crippen LogP contribution < -0.4 is 5.73 Å². The van der Waals surface area contributed by atoms with Gasteiger partial charge in [0.15, 0.2) is 0 Å². The molecule has 0 unspecified atom stereocenters. The molecule has 0 saturated heterocycles. The van der Waals surface area contributed by atoms with Crippen molar-refractivity contribution in [2.75, 3.05) is 0 Å². The minimum Gasteiger partial charge on any atom is -0.507 e. The predicted molar refractivity (Wildman–Crippen MR) is 51.7 cm³/mol. The predicted octanol–water partition coefficient (Wildman–Crippen LogP) is 1.51. The molecule has 1 rings (SSSR count). The highest BCUT2D eigenvalue weighted by Crippen LogP contribution is 2.30. The number of aryl methyl sites for hydroxylation is 1. The first-order valence-electron chi connectivity index (χ1n) is 4.43. The lowest BCUT2D eigenvalue weighted by Gasteiger charge is -2.09. The van der Waals surface area contributed by atoms with E-state index in [1.54, 1.807) is 12.1 Å². The van der Waals surface area contributed by atoms with Gasteiger partial charge in [-0.3, -0.25) is 0 Å². The van der Waals surface area contributed by atoms with Gasteiger partial charge < -0.3 is 15.9 Å². The lowest BCUT2D eigenvalue weighted by molar-refractivity contribution is 0.434. The molecule has 0 amide bonds. The van der Waals surface area contributed by atoms with Gasteiger partial charge in [0.25, 0.3) is 0 Å². The minimum atomic E-state index is 0.0693. The van der Waals surface area contributed by atoms with Crippen LogP contribution in [0.4, 0.5) is 0 Å². The highest BCUT2D eigenvalue weighted by molar-refractivity contribution is 5.48. The van der Waals surface area contributed by atoms with Crippen molar-refractivity contribution < 1.29 is 10.2 Å². The summed E-state index contributed by atoms with van der Waals surface area (Å²) in [5, 5.41) is 19.0. The standard InChI is InChI=1S/C10H15NO2/c1-2-3-7-4-5-9(12)8(6-11)10(7)13/h4-5,12-13H,2-3,6,11H2,1H3. The normalized spacial score (nSPS) is 10.3. The summed E-state index contributed by atoms with van der Waals surface area (Å²) in [5.74, 6) is 0.212. The van der Waals surface area contributed by atoms with Gasteiger partial charge in [0.05, 0.1) is 0 Å². The fourth-order valence-electron chi connectivity index (χ4n) is 1.35. The van der Waals surface area contributed by atoms with Crippen molar-refractivity contribution in [1.29, 1.82) is 0 Å². The number of nitrogens with two attached hydrogens (primary N) is 1. The van der Waals surface area contributed by atoms with E-state index in [1.807, 2.05) is 6.92 Å². The second kappa shape index (κ2) is 4.14. The maximum absolute atomic E-state index is 9.66. The zero-order chi connectivity index (χ0) is 9.84. The molecular formula is C10H15NO2. The lowest BCUT2D eigenvalue weighted by Crippen LogP contribution is -1.99. The van der Waals surface area contributed by atoms with E-state index < -0.39 is 0 Å². The van der Waals surface area contributed by atoms with Crippen LogP contribution in [-0.2, 0) is 13.0 Å². The number of hydrogen-bond donors (Lipinski definition) is 3. The first-order chi connectivity index (χ1) is 6.20. The van der Waals surface area contributed by atoms with Gasteiger partial charge >= 0.3 is 0 Å². The summed E-state index contributed by atoms with van der Waals surface area (Å²) in [4.78, 5) is 0. The molecule has 0 saturated carbocycles. The summed E-state index contributed by atoms with van der Waals surface area (Å²) >= 11 is 0. The van der Waals surface area contributed by atoms with Crippen molar-refractivity contribution in [3.8, 4) is 11.5 Å². The molecule has 3 heteroatoms. The first-order valence-corrected chi connectivity index (χ1v) is 4.43. The summed E-state index contributed by atoms with van der Waals surface area (Å²) in [6, 6.07) is 3.31. The fourth-order valence-corrected chi connectivity index (χ4v) is 1.35. The van der Waals surface area contributed by atoms with Crippen LogP contribution in [0, 0.1) is 0 Å². The van der Waals surface area contributed by atoms with Crippen LogP contribution in [0.5, 0.6) is 11.5 Å². The van der Waals surface area contributed by atoms with Crippen LogP contribution in [0.2, 0.25) is 0 Å².